The van der Waals surface area contributed by atoms with Crippen LogP contribution in [0.4, 0.5) is 0 Å². The van der Waals surface area contributed by atoms with E-state index >= 15 is 0 Å². The van der Waals surface area contributed by atoms with E-state index in [0.29, 0.717) is 31.1 Å². The quantitative estimate of drug-likeness (QED) is 0.175. The molecule has 1 fully saturated rings. The summed E-state index contributed by atoms with van der Waals surface area (Å²) in [7, 11) is 7.33. The number of carbonyl (C=O) groups is 1. The fourth-order valence-electron chi connectivity index (χ4n) is 3.00. The highest BCUT2D eigenvalue weighted by molar-refractivity contribution is 14.0. The van der Waals surface area contributed by atoms with E-state index in [-0.39, 0.29) is 41.8 Å². The van der Waals surface area contributed by atoms with Gasteiger partial charge in [-0.15, -0.1) is 24.0 Å². The van der Waals surface area contributed by atoms with Crippen molar-refractivity contribution in [3.05, 3.63) is 23.8 Å². The molecule has 9 heteroatoms. The Hall–Kier alpha value is -1.75. The van der Waals surface area contributed by atoms with Crippen molar-refractivity contribution in [2.45, 2.75) is 25.8 Å². The second-order valence-corrected chi connectivity index (χ2v) is 7.31. The van der Waals surface area contributed by atoms with Gasteiger partial charge in [0.15, 0.2) is 17.5 Å². The number of benzene rings is 1. The summed E-state index contributed by atoms with van der Waals surface area (Å²) in [4.78, 5) is 18.6. The van der Waals surface area contributed by atoms with E-state index in [9.17, 15) is 4.79 Å². The number of methoxy groups -OCH3 is 2. The van der Waals surface area contributed by atoms with Gasteiger partial charge in [0.05, 0.1) is 26.8 Å². The van der Waals surface area contributed by atoms with Gasteiger partial charge in [0.25, 0.3) is 0 Å². The van der Waals surface area contributed by atoms with Crippen LogP contribution in [-0.2, 0) is 4.79 Å². The van der Waals surface area contributed by atoms with Crippen LogP contribution >= 0.6 is 24.0 Å². The van der Waals surface area contributed by atoms with Gasteiger partial charge >= 0.3 is 0 Å². The molecule has 0 aliphatic heterocycles. The lowest BCUT2D eigenvalue weighted by molar-refractivity contribution is -0.122. The molecule has 1 saturated carbocycles. The number of rotatable bonds is 11. The maximum Gasteiger partial charge on any atom is 0.223 e. The number of amides is 1. The SMILES string of the molecule is CCNC(=NCC(c1ccc(OC)c(OC)c1)N(C)C)NCCNC(=O)C1CC1.I. The third-order valence-electron chi connectivity index (χ3n) is 4.85. The molecule has 1 aromatic rings. The summed E-state index contributed by atoms with van der Waals surface area (Å²) < 4.78 is 10.8. The number of hydrogen-bond donors (Lipinski definition) is 3. The van der Waals surface area contributed by atoms with Crippen LogP contribution in [0.3, 0.4) is 0 Å². The molecule has 0 heterocycles. The summed E-state index contributed by atoms with van der Waals surface area (Å²) in [6, 6.07) is 6.03. The number of aliphatic imine (C=N–C) groups is 1. The molecule has 1 atom stereocenters. The average Bonchev–Trinajstić information content (AvgIpc) is 3.56. The predicted octanol–water partition coefficient (Wildman–Crippen LogP) is 2.01. The molecule has 0 bridgehead atoms. The minimum Gasteiger partial charge on any atom is -0.493 e. The van der Waals surface area contributed by atoms with Crippen molar-refractivity contribution in [1.29, 1.82) is 0 Å². The Kier molecular flexibility index (Phi) is 11.9. The molecule has 1 unspecified atom stereocenters. The fourth-order valence-corrected chi connectivity index (χ4v) is 3.00. The number of likely N-dealkylation sites (N-methyl/N-ethyl adjacent to an activating group) is 1. The van der Waals surface area contributed by atoms with Gasteiger partial charge in [-0.2, -0.15) is 0 Å². The number of nitrogens with one attached hydrogen (secondary N) is 3. The summed E-state index contributed by atoms with van der Waals surface area (Å²) in [5.41, 5.74) is 1.10. The van der Waals surface area contributed by atoms with Crippen molar-refractivity contribution >= 4 is 35.8 Å². The van der Waals surface area contributed by atoms with Crippen LogP contribution in [-0.4, -0.2) is 71.3 Å². The van der Waals surface area contributed by atoms with Gasteiger partial charge in [-0.3, -0.25) is 9.79 Å². The number of nitrogens with zero attached hydrogens (tertiary/aromatic N) is 2. The second-order valence-electron chi connectivity index (χ2n) is 7.31. The largest absolute Gasteiger partial charge is 0.493 e. The standard InChI is InChI=1S/C21H35N5O3.HI/c1-6-22-21(24-12-11-23-20(27)15-7-8-15)25-14-17(26(2)3)16-9-10-18(28-4)19(13-16)29-5;/h9-10,13,15,17H,6-8,11-12,14H2,1-5H3,(H,23,27)(H2,22,24,25);1H. The third kappa shape index (κ3) is 8.17. The molecule has 0 spiro atoms. The number of halogens is 1. The van der Waals surface area contributed by atoms with Crippen molar-refractivity contribution in [2.24, 2.45) is 10.9 Å². The molecular formula is C21H36IN5O3. The summed E-state index contributed by atoms with van der Waals surface area (Å²) in [5, 5.41) is 9.49. The van der Waals surface area contributed by atoms with Crippen molar-refractivity contribution < 1.29 is 14.3 Å². The van der Waals surface area contributed by atoms with E-state index in [1.54, 1.807) is 14.2 Å². The Morgan fingerprint density at radius 1 is 1.13 bits per heavy atom. The molecule has 0 radical (unpaired) electrons. The first kappa shape index (κ1) is 26.3. The Bertz CT molecular complexity index is 695. The molecule has 8 nitrogen and oxygen atoms in total. The summed E-state index contributed by atoms with van der Waals surface area (Å²) >= 11 is 0. The lowest BCUT2D eigenvalue weighted by Crippen LogP contribution is -2.42. The molecule has 1 aliphatic carbocycles. The normalized spacial score (nSPS) is 14.5. The van der Waals surface area contributed by atoms with E-state index in [2.05, 4.69) is 20.9 Å². The zero-order valence-corrected chi connectivity index (χ0v) is 21.0. The summed E-state index contributed by atoms with van der Waals surface area (Å²) in [5.74, 6) is 2.55. The number of hydrogen-bond acceptors (Lipinski definition) is 5. The lowest BCUT2D eigenvalue weighted by Gasteiger charge is -2.24. The first-order valence-electron chi connectivity index (χ1n) is 10.2. The highest BCUT2D eigenvalue weighted by Crippen LogP contribution is 2.31. The molecule has 3 N–H and O–H groups in total. The van der Waals surface area contributed by atoms with Gasteiger partial charge in [0.1, 0.15) is 0 Å². The highest BCUT2D eigenvalue weighted by Gasteiger charge is 2.29. The molecule has 30 heavy (non-hydrogen) atoms. The van der Waals surface area contributed by atoms with Gasteiger partial charge < -0.3 is 30.3 Å². The van der Waals surface area contributed by atoms with E-state index < -0.39 is 0 Å². The van der Waals surface area contributed by atoms with E-state index in [0.717, 1.165) is 30.9 Å². The Labute approximate surface area is 197 Å². The Balaban J connectivity index is 0.00000450. The summed E-state index contributed by atoms with van der Waals surface area (Å²) in [6.07, 6.45) is 2.04. The molecule has 2 rings (SSSR count). The minimum atomic E-state index is 0. The second kappa shape index (κ2) is 13.5. The summed E-state index contributed by atoms with van der Waals surface area (Å²) in [6.45, 7) is 4.60. The number of guanidine groups is 1. The van der Waals surface area contributed by atoms with Crippen LogP contribution in [0.25, 0.3) is 0 Å². The highest BCUT2D eigenvalue weighted by atomic mass is 127. The molecule has 1 aliphatic rings. The fraction of sp³-hybridized carbons (Fsp3) is 0.619. The Morgan fingerprint density at radius 3 is 2.37 bits per heavy atom. The number of ether oxygens (including phenoxy) is 2. The van der Waals surface area contributed by atoms with Crippen molar-refractivity contribution in [2.75, 3.05) is 54.5 Å². The monoisotopic (exact) mass is 533 g/mol. The molecule has 1 amide bonds. The van der Waals surface area contributed by atoms with Crippen LogP contribution in [0.15, 0.2) is 23.2 Å². The van der Waals surface area contributed by atoms with Crippen LogP contribution in [0.2, 0.25) is 0 Å². The first-order chi connectivity index (χ1) is 14.0. The molecular weight excluding hydrogens is 497 g/mol. The molecule has 0 saturated heterocycles. The lowest BCUT2D eigenvalue weighted by atomic mass is 10.1. The maximum atomic E-state index is 11.7. The number of carbonyl (C=O) groups excluding carboxylic acids is 1. The van der Waals surface area contributed by atoms with Gasteiger partial charge in [-0.1, -0.05) is 6.07 Å². The van der Waals surface area contributed by atoms with Crippen molar-refractivity contribution in [3.8, 4) is 11.5 Å². The van der Waals surface area contributed by atoms with Crippen molar-refractivity contribution in [1.82, 2.24) is 20.9 Å². The zero-order chi connectivity index (χ0) is 21.2. The smallest absolute Gasteiger partial charge is 0.223 e. The molecule has 0 aromatic heterocycles. The van der Waals surface area contributed by atoms with E-state index in [4.69, 9.17) is 14.5 Å². The van der Waals surface area contributed by atoms with Crippen molar-refractivity contribution in [3.63, 3.8) is 0 Å². The predicted molar refractivity (Wildman–Crippen MR) is 131 cm³/mol. The third-order valence-corrected chi connectivity index (χ3v) is 4.85. The van der Waals surface area contributed by atoms with Crippen LogP contribution in [0.1, 0.15) is 31.4 Å². The van der Waals surface area contributed by atoms with Gasteiger partial charge in [-0.25, -0.2) is 0 Å². The van der Waals surface area contributed by atoms with E-state index in [1.807, 2.05) is 39.2 Å². The first-order valence-corrected chi connectivity index (χ1v) is 10.2. The maximum absolute atomic E-state index is 11.7. The zero-order valence-electron chi connectivity index (χ0n) is 18.7. The van der Waals surface area contributed by atoms with Gasteiger partial charge in [0, 0.05) is 25.6 Å². The van der Waals surface area contributed by atoms with Crippen LogP contribution in [0.5, 0.6) is 11.5 Å². The van der Waals surface area contributed by atoms with Crippen LogP contribution < -0.4 is 25.4 Å². The topological polar surface area (TPSA) is 87.2 Å². The molecule has 170 valence electrons. The van der Waals surface area contributed by atoms with Gasteiger partial charge in [0.2, 0.25) is 5.91 Å². The minimum absolute atomic E-state index is 0. The Morgan fingerprint density at radius 2 is 1.80 bits per heavy atom. The average molecular weight is 533 g/mol. The van der Waals surface area contributed by atoms with E-state index in [1.165, 1.54) is 0 Å². The van der Waals surface area contributed by atoms with Crippen LogP contribution in [0, 0.1) is 5.92 Å². The van der Waals surface area contributed by atoms with Gasteiger partial charge in [-0.05, 0) is 51.6 Å². The molecule has 1 aromatic carbocycles.